The monoisotopic (exact) mass is 540 g/mol. The van der Waals surface area contributed by atoms with Crippen molar-refractivity contribution in [1.82, 2.24) is 20.9 Å². The van der Waals surface area contributed by atoms with Crippen LogP contribution in [-0.2, 0) is 22.4 Å². The first-order chi connectivity index (χ1) is 18.3. The van der Waals surface area contributed by atoms with Crippen molar-refractivity contribution < 1.29 is 34.2 Å². The summed E-state index contributed by atoms with van der Waals surface area (Å²) in [4.78, 5) is 42.4. The highest BCUT2D eigenvalue weighted by Gasteiger charge is 2.78. The zero-order valence-corrected chi connectivity index (χ0v) is 22.1. The molecule has 1 unspecified atom stereocenters. The van der Waals surface area contributed by atoms with Crippen LogP contribution in [-0.4, -0.2) is 92.0 Å². The molecule has 10 N–H and O–H groups in total. The first kappa shape index (κ1) is 25.6. The average Bonchev–Trinajstić information content (AvgIpc) is 3.46. The molecule has 1 aromatic rings. The van der Waals surface area contributed by atoms with Gasteiger partial charge in [-0.1, -0.05) is 26.0 Å². The number of benzene rings is 1. The van der Waals surface area contributed by atoms with E-state index in [0.717, 1.165) is 35.3 Å². The molecular formula is C26H36N8O5+2. The van der Waals surface area contributed by atoms with Crippen molar-refractivity contribution >= 4 is 29.6 Å². The number of fused-ring (bicyclic) bond motifs is 1. The van der Waals surface area contributed by atoms with Gasteiger partial charge in [0.2, 0.25) is 11.8 Å². The Kier molecular flexibility index (Phi) is 5.50. The van der Waals surface area contributed by atoms with Crippen LogP contribution in [0.5, 0.6) is 0 Å². The highest BCUT2D eigenvalue weighted by molar-refractivity contribution is 6.02. The van der Waals surface area contributed by atoms with Crippen LogP contribution in [0.25, 0.3) is 0 Å². The fourth-order valence-corrected chi connectivity index (χ4v) is 6.98. The van der Waals surface area contributed by atoms with E-state index < -0.39 is 35.5 Å². The van der Waals surface area contributed by atoms with Gasteiger partial charge in [0.1, 0.15) is 12.1 Å². The summed E-state index contributed by atoms with van der Waals surface area (Å²) in [5, 5.41) is 32.4. The van der Waals surface area contributed by atoms with Gasteiger partial charge < -0.3 is 15.5 Å². The van der Waals surface area contributed by atoms with Crippen LogP contribution in [0, 0.1) is 5.41 Å². The molecule has 2 saturated heterocycles. The Labute approximate surface area is 225 Å². The molecule has 0 radical (unpaired) electrons. The van der Waals surface area contributed by atoms with E-state index in [0.29, 0.717) is 5.56 Å². The van der Waals surface area contributed by atoms with Gasteiger partial charge in [0.05, 0.1) is 13.1 Å². The fraction of sp³-hybridized carbons (Fsp3) is 0.577. The van der Waals surface area contributed by atoms with Crippen LogP contribution in [0.1, 0.15) is 54.6 Å². The summed E-state index contributed by atoms with van der Waals surface area (Å²) in [6.45, 7) is 4.27. The number of carbonyl (C=O) groups excluding carboxylic acids is 3. The van der Waals surface area contributed by atoms with Gasteiger partial charge in [0.25, 0.3) is 17.4 Å². The van der Waals surface area contributed by atoms with Crippen molar-refractivity contribution in [2.75, 3.05) is 13.1 Å². The number of nitrogens with zero attached hydrogens (tertiary/aromatic N) is 2. The largest absolute Gasteiger partial charge is 0.358 e. The molecule has 5 aliphatic rings. The van der Waals surface area contributed by atoms with Gasteiger partial charge >= 0.3 is 11.9 Å². The minimum atomic E-state index is -2.56. The number of hydrogen-bond acceptors (Lipinski definition) is 9. The van der Waals surface area contributed by atoms with Gasteiger partial charge in [-0.05, 0) is 41.9 Å². The molecule has 0 saturated carbocycles. The normalized spacial score (nSPS) is 32.2. The first-order valence-corrected chi connectivity index (χ1v) is 13.4. The van der Waals surface area contributed by atoms with Gasteiger partial charge in [-0.15, -0.1) is 0 Å². The molecule has 13 heteroatoms. The number of carbonyl (C=O) groups is 3. The second kappa shape index (κ2) is 8.39. The van der Waals surface area contributed by atoms with E-state index in [1.807, 2.05) is 12.1 Å². The molecule has 1 aromatic carbocycles. The predicted molar refractivity (Wildman–Crippen MR) is 138 cm³/mol. The molecule has 4 atom stereocenters. The van der Waals surface area contributed by atoms with Crippen LogP contribution in [0.15, 0.2) is 18.2 Å². The molecule has 6 rings (SSSR count). The van der Waals surface area contributed by atoms with Gasteiger partial charge in [0.15, 0.2) is 6.04 Å². The summed E-state index contributed by atoms with van der Waals surface area (Å²) in [7, 11) is 0. The number of nitrogens with one attached hydrogen (secondary N) is 4. The third-order valence-corrected chi connectivity index (χ3v) is 9.03. The number of aryl methyl sites for hydroxylation is 1. The van der Waals surface area contributed by atoms with Crippen molar-refractivity contribution in [2.24, 2.45) is 16.9 Å². The molecule has 0 aromatic heterocycles. The molecule has 0 bridgehead atoms. The first-order valence-electron chi connectivity index (χ1n) is 13.4. The Morgan fingerprint density at radius 3 is 2.64 bits per heavy atom. The summed E-state index contributed by atoms with van der Waals surface area (Å²) in [6, 6.07) is 2.97. The van der Waals surface area contributed by atoms with Crippen molar-refractivity contribution in [3.63, 3.8) is 0 Å². The average molecular weight is 541 g/mol. The standard InChI is InChI=1S/C26H34N8O5/c1-24(2)9-8-13-4-3-5-14(15(13)10-24)21(37)30-17-12-34-23(28)29-16(11-33-18(35)6-7-19(33)36)20-25(34,26(17,38)39)32-22(27)31-20/h3-5,16-17,20,38-39H,6-12H2,1-2H3,(H6,27,28,29,30,31,32,37)/p+2/t16-,17?,20-,25-/m0/s1. The van der Waals surface area contributed by atoms with Crippen LogP contribution in [0.3, 0.4) is 0 Å². The van der Waals surface area contributed by atoms with E-state index >= 15 is 0 Å². The Bertz CT molecular complexity index is 1340. The minimum Gasteiger partial charge on any atom is -0.358 e. The molecule has 1 spiro atoms. The zero-order chi connectivity index (χ0) is 27.9. The maximum atomic E-state index is 13.6. The molecule has 4 aliphatic heterocycles. The van der Waals surface area contributed by atoms with Crippen LogP contribution in [0.2, 0.25) is 0 Å². The fourth-order valence-electron chi connectivity index (χ4n) is 6.98. The lowest BCUT2D eigenvalue weighted by atomic mass is 9.73. The lowest BCUT2D eigenvalue weighted by molar-refractivity contribution is -0.674. The number of rotatable bonds is 4. The SMILES string of the molecule is CC1(C)CCc2cccc(C(=O)NC3C[N+]4=C(N)N[C@@H](CN5C(=O)CCC5=O)[C@@H]5[NH+]=C(N)N[C@@]54C3(O)O)c2C1. The number of imide groups is 1. The van der Waals surface area contributed by atoms with Crippen molar-refractivity contribution in [1.29, 1.82) is 0 Å². The maximum Gasteiger partial charge on any atom is 0.347 e. The van der Waals surface area contributed by atoms with Crippen molar-refractivity contribution in [3.05, 3.63) is 34.9 Å². The van der Waals surface area contributed by atoms with E-state index in [1.54, 1.807) is 6.07 Å². The topological polar surface area (TPSA) is 200 Å². The molecule has 208 valence electrons. The lowest BCUT2D eigenvalue weighted by Gasteiger charge is -2.41. The quantitative estimate of drug-likeness (QED) is 0.105. The second-order valence-corrected chi connectivity index (χ2v) is 12.1. The molecule has 3 amide bonds. The summed E-state index contributed by atoms with van der Waals surface area (Å²) in [6.07, 6.45) is 2.91. The van der Waals surface area contributed by atoms with E-state index in [2.05, 4.69) is 34.8 Å². The summed E-state index contributed by atoms with van der Waals surface area (Å²) in [5.74, 6) is -3.39. The minimum absolute atomic E-state index is 0.0369. The Morgan fingerprint density at radius 2 is 1.92 bits per heavy atom. The highest BCUT2D eigenvalue weighted by atomic mass is 16.5. The molecule has 13 nitrogen and oxygen atoms in total. The lowest BCUT2D eigenvalue weighted by Crippen LogP contribution is -2.92. The Morgan fingerprint density at radius 1 is 1.21 bits per heavy atom. The maximum absolute atomic E-state index is 13.6. The van der Waals surface area contributed by atoms with E-state index in [1.165, 1.54) is 4.58 Å². The number of aliphatic hydroxyl groups is 2. The van der Waals surface area contributed by atoms with Crippen molar-refractivity contribution in [2.45, 2.75) is 75.5 Å². The Balaban J connectivity index is 1.31. The number of guanidine groups is 2. The molecule has 1 aliphatic carbocycles. The number of hydrogen-bond donors (Lipinski definition) is 8. The van der Waals surface area contributed by atoms with Crippen LogP contribution in [0.4, 0.5) is 0 Å². The third-order valence-electron chi connectivity index (χ3n) is 9.03. The Hall–Kier alpha value is -3.71. The van der Waals surface area contributed by atoms with Gasteiger partial charge in [-0.3, -0.25) is 41.1 Å². The summed E-state index contributed by atoms with van der Waals surface area (Å²) < 4.78 is 1.53. The van der Waals surface area contributed by atoms with Gasteiger partial charge in [-0.2, -0.15) is 0 Å². The number of amides is 3. The number of nitrogens with two attached hydrogens (primary N) is 2. The van der Waals surface area contributed by atoms with E-state index in [9.17, 15) is 24.6 Å². The smallest absolute Gasteiger partial charge is 0.347 e. The van der Waals surface area contributed by atoms with E-state index in [4.69, 9.17) is 11.5 Å². The van der Waals surface area contributed by atoms with Crippen molar-refractivity contribution in [3.8, 4) is 0 Å². The molecule has 2 fully saturated rings. The van der Waals surface area contributed by atoms with Gasteiger partial charge in [0, 0.05) is 18.4 Å². The van der Waals surface area contributed by atoms with Gasteiger partial charge in [-0.25, -0.2) is 9.89 Å². The highest BCUT2D eigenvalue weighted by Crippen LogP contribution is 2.39. The molecule has 4 heterocycles. The molecular weight excluding hydrogens is 504 g/mol. The van der Waals surface area contributed by atoms with E-state index in [-0.39, 0.29) is 55.1 Å². The predicted octanol–water partition coefficient (Wildman–Crippen LogP) is -4.49. The summed E-state index contributed by atoms with van der Waals surface area (Å²) >= 11 is 0. The van der Waals surface area contributed by atoms with Crippen LogP contribution < -0.4 is 32.4 Å². The second-order valence-electron chi connectivity index (χ2n) is 12.1. The molecule has 39 heavy (non-hydrogen) atoms. The third kappa shape index (κ3) is 3.70. The number of likely N-dealkylation sites (tertiary alicyclic amines) is 1. The van der Waals surface area contributed by atoms with Crippen LogP contribution >= 0.6 is 0 Å². The summed E-state index contributed by atoms with van der Waals surface area (Å²) in [5.41, 5.74) is 13.5. The zero-order valence-electron chi connectivity index (χ0n) is 22.1.